The van der Waals surface area contributed by atoms with Crippen molar-refractivity contribution in [3.63, 3.8) is 0 Å². The molecule has 1 aliphatic carbocycles. The van der Waals surface area contributed by atoms with Gasteiger partial charge in [0.1, 0.15) is 12.1 Å². The van der Waals surface area contributed by atoms with Crippen molar-refractivity contribution in [1.82, 2.24) is 25.5 Å². The van der Waals surface area contributed by atoms with Gasteiger partial charge in [0, 0.05) is 55.0 Å². The number of amides is 1. The van der Waals surface area contributed by atoms with Crippen LogP contribution >= 0.6 is 11.6 Å². The number of carbonyl (C=O) groups excluding carboxylic acids is 1. The monoisotopic (exact) mass is 482 g/mol. The maximum atomic E-state index is 13.7. The van der Waals surface area contributed by atoms with Gasteiger partial charge in [0.25, 0.3) is 0 Å². The highest BCUT2D eigenvalue weighted by molar-refractivity contribution is 6.30. The first-order chi connectivity index (χ1) is 16.6. The molecule has 0 saturated carbocycles. The van der Waals surface area contributed by atoms with Crippen molar-refractivity contribution in [3.8, 4) is 0 Å². The molecule has 0 radical (unpaired) electrons. The molecule has 0 bridgehead atoms. The average molecular weight is 483 g/mol. The summed E-state index contributed by atoms with van der Waals surface area (Å²) >= 11 is 6.13. The number of carbonyl (C=O) groups is 1. The third-order valence-corrected chi connectivity index (χ3v) is 7.92. The highest BCUT2D eigenvalue weighted by Crippen LogP contribution is 2.37. The molecule has 1 amide bonds. The van der Waals surface area contributed by atoms with Gasteiger partial charge < -0.3 is 20.4 Å². The van der Waals surface area contributed by atoms with Crippen LogP contribution in [0.4, 0.5) is 5.82 Å². The molecule has 1 aromatic carbocycles. The Hall–Kier alpha value is -2.22. The number of hydrogen-bond donors (Lipinski definition) is 2. The molecule has 0 unspecified atom stereocenters. The Kier molecular flexibility index (Phi) is 7.32. The van der Waals surface area contributed by atoms with Gasteiger partial charge >= 0.3 is 0 Å². The number of nitrogens with zero attached hydrogens (tertiary/aromatic N) is 4. The third kappa shape index (κ3) is 5.07. The zero-order chi connectivity index (χ0) is 23.5. The Labute approximate surface area is 207 Å². The number of hydrogen-bond acceptors (Lipinski definition) is 6. The lowest BCUT2D eigenvalue weighted by atomic mass is 9.95. The fraction of sp³-hybridized carbons (Fsp3) is 0.577. The molecule has 3 heterocycles. The van der Waals surface area contributed by atoms with E-state index in [0.717, 1.165) is 63.2 Å². The molecule has 0 spiro atoms. The van der Waals surface area contributed by atoms with E-state index < -0.39 is 0 Å². The molecule has 2 aliphatic heterocycles. The standard InChI is InChI=1S/C26H35ClN6O/c1-18-2-7-23-24(18)25(31-17-30-23)32-12-14-33(15-13-32)26(34)22(19-3-5-20(27)6-4-19)16-29-21-8-10-28-11-9-21/h3-6,17-18,21-22,28-29H,2,7-16H2,1H3/t18-,22-/m1/s1. The maximum absolute atomic E-state index is 13.7. The van der Waals surface area contributed by atoms with Crippen molar-refractivity contribution < 1.29 is 4.79 Å². The van der Waals surface area contributed by atoms with E-state index in [0.29, 0.717) is 36.6 Å². The number of piperazine rings is 1. The minimum Gasteiger partial charge on any atom is -0.353 e. The number of benzene rings is 1. The summed E-state index contributed by atoms with van der Waals surface area (Å²) in [6, 6.07) is 8.23. The zero-order valence-electron chi connectivity index (χ0n) is 20.0. The van der Waals surface area contributed by atoms with Crippen LogP contribution in [0, 0.1) is 0 Å². The number of piperidine rings is 1. The summed E-state index contributed by atoms with van der Waals surface area (Å²) in [7, 11) is 0. The van der Waals surface area contributed by atoms with E-state index in [9.17, 15) is 4.79 Å². The van der Waals surface area contributed by atoms with Crippen LogP contribution in [0.15, 0.2) is 30.6 Å². The lowest BCUT2D eigenvalue weighted by Gasteiger charge is -2.38. The van der Waals surface area contributed by atoms with Crippen LogP contribution in [-0.2, 0) is 11.2 Å². The van der Waals surface area contributed by atoms with Crippen LogP contribution < -0.4 is 15.5 Å². The second-order valence-corrected chi connectivity index (χ2v) is 10.3. The molecular weight excluding hydrogens is 448 g/mol. The molecule has 182 valence electrons. The molecule has 3 aliphatic rings. The van der Waals surface area contributed by atoms with Crippen molar-refractivity contribution >= 4 is 23.3 Å². The highest BCUT2D eigenvalue weighted by atomic mass is 35.5. The normalized spacial score (nSPS) is 22.0. The van der Waals surface area contributed by atoms with Crippen LogP contribution in [-0.4, -0.2) is 72.6 Å². The molecule has 2 saturated heterocycles. The fourth-order valence-corrected chi connectivity index (χ4v) is 5.71. The molecule has 8 heteroatoms. The molecule has 1 aromatic heterocycles. The lowest BCUT2D eigenvalue weighted by molar-refractivity contribution is -0.133. The largest absolute Gasteiger partial charge is 0.353 e. The Bertz CT molecular complexity index is 985. The predicted molar refractivity (Wildman–Crippen MR) is 136 cm³/mol. The minimum atomic E-state index is -0.206. The Morgan fingerprint density at radius 1 is 1.12 bits per heavy atom. The van der Waals surface area contributed by atoms with Gasteiger partial charge in [-0.15, -0.1) is 0 Å². The summed E-state index contributed by atoms with van der Waals surface area (Å²) in [5.41, 5.74) is 3.54. The lowest BCUT2D eigenvalue weighted by Crippen LogP contribution is -2.52. The van der Waals surface area contributed by atoms with Crippen LogP contribution in [0.25, 0.3) is 0 Å². The third-order valence-electron chi connectivity index (χ3n) is 7.66. The van der Waals surface area contributed by atoms with Gasteiger partial charge in [-0.1, -0.05) is 30.7 Å². The average Bonchev–Trinajstić information content (AvgIpc) is 3.27. The predicted octanol–water partition coefficient (Wildman–Crippen LogP) is 2.95. The van der Waals surface area contributed by atoms with Gasteiger partial charge in [-0.05, 0) is 62.4 Å². The number of aryl methyl sites for hydroxylation is 1. The van der Waals surface area contributed by atoms with Crippen LogP contribution in [0.2, 0.25) is 5.02 Å². The fourth-order valence-electron chi connectivity index (χ4n) is 5.59. The van der Waals surface area contributed by atoms with Gasteiger partial charge in [-0.2, -0.15) is 0 Å². The van der Waals surface area contributed by atoms with Gasteiger partial charge in [0.15, 0.2) is 0 Å². The van der Waals surface area contributed by atoms with E-state index in [2.05, 4.69) is 32.4 Å². The first-order valence-electron chi connectivity index (χ1n) is 12.7. The number of anilines is 1. The number of aromatic nitrogens is 2. The molecular formula is C26H35ClN6O. The summed E-state index contributed by atoms with van der Waals surface area (Å²) in [4.78, 5) is 27.3. The number of rotatable bonds is 6. The van der Waals surface area contributed by atoms with Gasteiger partial charge in [-0.25, -0.2) is 9.97 Å². The van der Waals surface area contributed by atoms with Crippen molar-refractivity contribution in [2.75, 3.05) is 50.7 Å². The SMILES string of the molecule is C[C@@H]1CCc2ncnc(N3CCN(C(=O)[C@H](CNC4CCNCC4)c4ccc(Cl)cc4)CC3)c21. The molecule has 2 N–H and O–H groups in total. The van der Waals surface area contributed by atoms with E-state index in [4.69, 9.17) is 11.6 Å². The van der Waals surface area contributed by atoms with E-state index in [1.807, 2.05) is 29.2 Å². The van der Waals surface area contributed by atoms with Crippen LogP contribution in [0.1, 0.15) is 54.8 Å². The van der Waals surface area contributed by atoms with Crippen LogP contribution in [0.5, 0.6) is 0 Å². The summed E-state index contributed by atoms with van der Waals surface area (Å²) < 4.78 is 0. The highest BCUT2D eigenvalue weighted by Gasteiger charge is 2.32. The topological polar surface area (TPSA) is 73.4 Å². The van der Waals surface area contributed by atoms with E-state index >= 15 is 0 Å². The first kappa shape index (κ1) is 23.5. The van der Waals surface area contributed by atoms with E-state index in [-0.39, 0.29) is 11.8 Å². The molecule has 2 atom stereocenters. The molecule has 34 heavy (non-hydrogen) atoms. The maximum Gasteiger partial charge on any atom is 0.231 e. The zero-order valence-corrected chi connectivity index (χ0v) is 20.7. The summed E-state index contributed by atoms with van der Waals surface area (Å²) in [6.45, 7) is 8.02. The first-order valence-corrected chi connectivity index (χ1v) is 13.0. The van der Waals surface area contributed by atoms with Crippen LogP contribution in [0.3, 0.4) is 0 Å². The summed E-state index contributed by atoms with van der Waals surface area (Å²) in [5.74, 6) is 1.57. The van der Waals surface area contributed by atoms with Gasteiger partial charge in [-0.3, -0.25) is 4.79 Å². The number of nitrogens with one attached hydrogen (secondary N) is 2. The quantitative estimate of drug-likeness (QED) is 0.659. The molecule has 5 rings (SSSR count). The molecule has 7 nitrogen and oxygen atoms in total. The second kappa shape index (κ2) is 10.6. The van der Waals surface area contributed by atoms with Crippen molar-refractivity contribution in [3.05, 3.63) is 52.4 Å². The van der Waals surface area contributed by atoms with Gasteiger partial charge in [0.2, 0.25) is 5.91 Å². The van der Waals surface area contributed by atoms with E-state index in [1.165, 1.54) is 11.3 Å². The summed E-state index contributed by atoms with van der Waals surface area (Å²) in [5, 5.41) is 7.78. The van der Waals surface area contributed by atoms with E-state index in [1.54, 1.807) is 6.33 Å². The Balaban J connectivity index is 1.27. The van der Waals surface area contributed by atoms with Crippen molar-refractivity contribution in [2.24, 2.45) is 0 Å². The van der Waals surface area contributed by atoms with Gasteiger partial charge in [0.05, 0.1) is 5.92 Å². The second-order valence-electron chi connectivity index (χ2n) is 9.85. The number of fused-ring (bicyclic) bond motifs is 1. The molecule has 2 aromatic rings. The number of halogens is 1. The summed E-state index contributed by atoms with van der Waals surface area (Å²) in [6.07, 6.45) is 6.08. The van der Waals surface area contributed by atoms with Crippen molar-refractivity contribution in [2.45, 2.75) is 50.5 Å². The smallest absolute Gasteiger partial charge is 0.231 e. The van der Waals surface area contributed by atoms with Crippen molar-refractivity contribution in [1.29, 1.82) is 0 Å². The molecule has 2 fully saturated rings. The minimum absolute atomic E-state index is 0.199. The Morgan fingerprint density at radius 2 is 1.85 bits per heavy atom. The Morgan fingerprint density at radius 3 is 2.59 bits per heavy atom.